The summed E-state index contributed by atoms with van der Waals surface area (Å²) in [7, 11) is 3.42. The summed E-state index contributed by atoms with van der Waals surface area (Å²) in [4.78, 5) is 19.0. The van der Waals surface area contributed by atoms with Crippen LogP contribution in [0.25, 0.3) is 0 Å². The van der Waals surface area contributed by atoms with Crippen LogP contribution in [-0.2, 0) is 9.53 Å². The lowest BCUT2D eigenvalue weighted by Gasteiger charge is -2.33. The van der Waals surface area contributed by atoms with Crippen LogP contribution < -0.4 is 16.0 Å². The van der Waals surface area contributed by atoms with Crippen molar-refractivity contribution >= 4 is 11.9 Å². The maximum atomic E-state index is 11.9. The Morgan fingerprint density at radius 1 is 1.32 bits per heavy atom. The Kier molecular flexibility index (Phi) is 9.82. The monoisotopic (exact) mass is 355 g/mol. The van der Waals surface area contributed by atoms with Crippen LogP contribution >= 0.6 is 0 Å². The molecule has 0 bridgehead atoms. The predicted molar refractivity (Wildman–Crippen MR) is 103 cm³/mol. The number of carbonyl (C=O) groups excluding carboxylic acids is 1. The van der Waals surface area contributed by atoms with Crippen molar-refractivity contribution in [3.05, 3.63) is 0 Å². The fraction of sp³-hybridized carbons (Fsp3) is 0.889. The Labute approximate surface area is 153 Å². The third-order valence-electron chi connectivity index (χ3n) is 4.57. The maximum absolute atomic E-state index is 11.9. The third-order valence-corrected chi connectivity index (χ3v) is 4.57. The molecule has 1 fully saturated rings. The van der Waals surface area contributed by atoms with Gasteiger partial charge in [0, 0.05) is 53.0 Å². The van der Waals surface area contributed by atoms with Crippen molar-refractivity contribution in [2.45, 2.75) is 46.1 Å². The predicted octanol–water partition coefficient (Wildman–Crippen LogP) is 0.815. The fourth-order valence-corrected chi connectivity index (χ4v) is 2.93. The van der Waals surface area contributed by atoms with Gasteiger partial charge in [0.25, 0.3) is 0 Å². The summed E-state index contributed by atoms with van der Waals surface area (Å²) in [5, 5.41) is 9.52. The summed E-state index contributed by atoms with van der Waals surface area (Å²) in [5.41, 5.74) is -0.512. The lowest BCUT2D eigenvalue weighted by molar-refractivity contribution is -0.128. The Balaban J connectivity index is 2.48. The number of amides is 1. The molecule has 0 spiro atoms. The molecule has 0 aromatic heterocycles. The van der Waals surface area contributed by atoms with E-state index in [1.807, 2.05) is 13.8 Å². The number of hydrogen-bond donors (Lipinski definition) is 3. The molecule has 1 rings (SSSR count). The molecule has 0 unspecified atom stereocenters. The van der Waals surface area contributed by atoms with E-state index in [0.717, 1.165) is 58.0 Å². The molecule has 0 atom stereocenters. The van der Waals surface area contributed by atoms with Crippen LogP contribution in [0.3, 0.4) is 0 Å². The van der Waals surface area contributed by atoms with Gasteiger partial charge in [-0.1, -0.05) is 0 Å². The molecule has 0 aromatic carbocycles. The molecule has 1 aliphatic rings. The minimum absolute atomic E-state index is 0.0106. The second kappa shape index (κ2) is 11.3. The number of methoxy groups -OCH3 is 1. The van der Waals surface area contributed by atoms with Crippen molar-refractivity contribution in [3.8, 4) is 0 Å². The highest BCUT2D eigenvalue weighted by Gasteiger charge is 2.26. The number of nitrogens with one attached hydrogen (secondary N) is 3. The number of guanidine groups is 1. The molecular weight excluding hydrogens is 318 g/mol. The maximum Gasteiger partial charge on any atom is 0.227 e. The number of piperidine rings is 1. The van der Waals surface area contributed by atoms with E-state index in [4.69, 9.17) is 4.74 Å². The number of hydrogen-bond acceptors (Lipinski definition) is 4. The SMILES string of the molecule is CCNC(=NCC(C)(C)C(=O)NC)NC1CCN(CCCOC)CC1. The van der Waals surface area contributed by atoms with Crippen LogP contribution in [-0.4, -0.2) is 76.3 Å². The van der Waals surface area contributed by atoms with Gasteiger partial charge in [0.1, 0.15) is 0 Å². The van der Waals surface area contributed by atoms with Crippen molar-refractivity contribution in [1.82, 2.24) is 20.9 Å². The molecule has 0 saturated carbocycles. The summed E-state index contributed by atoms with van der Waals surface area (Å²) in [6.07, 6.45) is 3.31. The summed E-state index contributed by atoms with van der Waals surface area (Å²) >= 11 is 0. The molecule has 1 heterocycles. The molecule has 1 amide bonds. The van der Waals surface area contributed by atoms with Crippen LogP contribution in [0.1, 0.15) is 40.0 Å². The van der Waals surface area contributed by atoms with Gasteiger partial charge in [-0.3, -0.25) is 9.79 Å². The van der Waals surface area contributed by atoms with Gasteiger partial charge in [-0.25, -0.2) is 0 Å². The average Bonchev–Trinajstić information content (AvgIpc) is 2.61. The largest absolute Gasteiger partial charge is 0.385 e. The van der Waals surface area contributed by atoms with Crippen LogP contribution in [0.4, 0.5) is 0 Å². The van der Waals surface area contributed by atoms with Gasteiger partial charge in [-0.15, -0.1) is 0 Å². The van der Waals surface area contributed by atoms with Crippen molar-refractivity contribution < 1.29 is 9.53 Å². The lowest BCUT2D eigenvalue weighted by Crippen LogP contribution is -2.49. The van der Waals surface area contributed by atoms with Crippen LogP contribution in [0.5, 0.6) is 0 Å². The molecule has 0 aliphatic carbocycles. The first-order valence-electron chi connectivity index (χ1n) is 9.41. The average molecular weight is 356 g/mol. The van der Waals surface area contributed by atoms with E-state index in [2.05, 4.69) is 32.8 Å². The first kappa shape index (κ1) is 21.7. The second-order valence-electron chi connectivity index (χ2n) is 7.26. The topological polar surface area (TPSA) is 78.0 Å². The standard InChI is InChI=1S/C18H37N5O2/c1-6-20-17(21-14-18(2,3)16(24)19-4)22-15-8-11-23(12-9-15)10-7-13-25-5/h15H,6-14H2,1-5H3,(H,19,24)(H2,20,21,22). The Morgan fingerprint density at radius 3 is 2.56 bits per heavy atom. The Morgan fingerprint density at radius 2 is 2.00 bits per heavy atom. The number of nitrogens with zero attached hydrogens (tertiary/aromatic N) is 2. The summed E-state index contributed by atoms with van der Waals surface area (Å²) in [5.74, 6) is 0.814. The van der Waals surface area contributed by atoms with E-state index >= 15 is 0 Å². The van der Waals surface area contributed by atoms with Gasteiger partial charge < -0.3 is 25.6 Å². The Bertz CT molecular complexity index is 418. The van der Waals surface area contributed by atoms with E-state index in [1.165, 1.54) is 0 Å². The molecule has 1 saturated heterocycles. The first-order chi connectivity index (χ1) is 11.9. The quantitative estimate of drug-likeness (QED) is 0.324. The van der Waals surface area contributed by atoms with Gasteiger partial charge in [0.15, 0.2) is 5.96 Å². The molecule has 7 nitrogen and oxygen atoms in total. The van der Waals surface area contributed by atoms with E-state index in [1.54, 1.807) is 14.2 Å². The van der Waals surface area contributed by atoms with E-state index < -0.39 is 5.41 Å². The molecular formula is C18H37N5O2. The van der Waals surface area contributed by atoms with Crippen molar-refractivity contribution in [2.24, 2.45) is 10.4 Å². The van der Waals surface area contributed by atoms with E-state index in [0.29, 0.717) is 12.6 Å². The highest BCUT2D eigenvalue weighted by molar-refractivity contribution is 5.83. The first-order valence-corrected chi connectivity index (χ1v) is 9.41. The molecule has 0 aromatic rings. The zero-order valence-electron chi connectivity index (χ0n) is 16.7. The number of ether oxygens (including phenoxy) is 1. The molecule has 1 aliphatic heterocycles. The number of likely N-dealkylation sites (tertiary alicyclic amines) is 1. The highest BCUT2D eigenvalue weighted by atomic mass is 16.5. The van der Waals surface area contributed by atoms with Crippen LogP contribution in [0, 0.1) is 5.41 Å². The molecule has 0 radical (unpaired) electrons. The van der Waals surface area contributed by atoms with Crippen molar-refractivity contribution in [1.29, 1.82) is 0 Å². The van der Waals surface area contributed by atoms with Crippen molar-refractivity contribution in [3.63, 3.8) is 0 Å². The highest BCUT2D eigenvalue weighted by Crippen LogP contribution is 2.15. The van der Waals surface area contributed by atoms with E-state index in [-0.39, 0.29) is 5.91 Å². The third kappa shape index (κ3) is 8.05. The molecule has 7 heteroatoms. The molecule has 146 valence electrons. The smallest absolute Gasteiger partial charge is 0.227 e. The normalized spacial score (nSPS) is 17.4. The lowest BCUT2D eigenvalue weighted by atomic mass is 9.93. The van der Waals surface area contributed by atoms with Gasteiger partial charge in [-0.2, -0.15) is 0 Å². The van der Waals surface area contributed by atoms with Crippen LogP contribution in [0.2, 0.25) is 0 Å². The number of carbonyl (C=O) groups is 1. The minimum atomic E-state index is -0.512. The fourth-order valence-electron chi connectivity index (χ4n) is 2.93. The Hall–Kier alpha value is -1.34. The zero-order valence-corrected chi connectivity index (χ0v) is 16.7. The summed E-state index contributed by atoms with van der Waals surface area (Å²) < 4.78 is 5.12. The zero-order chi connectivity index (χ0) is 18.7. The molecule has 3 N–H and O–H groups in total. The van der Waals surface area contributed by atoms with Gasteiger partial charge in [0.05, 0.1) is 12.0 Å². The van der Waals surface area contributed by atoms with Gasteiger partial charge in [0.2, 0.25) is 5.91 Å². The summed E-state index contributed by atoms with van der Waals surface area (Å²) in [6.45, 7) is 11.3. The van der Waals surface area contributed by atoms with Gasteiger partial charge in [-0.05, 0) is 40.0 Å². The van der Waals surface area contributed by atoms with E-state index in [9.17, 15) is 4.79 Å². The second-order valence-corrected chi connectivity index (χ2v) is 7.26. The summed E-state index contributed by atoms with van der Waals surface area (Å²) in [6, 6.07) is 0.430. The van der Waals surface area contributed by atoms with Crippen molar-refractivity contribution in [2.75, 3.05) is 53.5 Å². The number of aliphatic imine (C=N–C) groups is 1. The van der Waals surface area contributed by atoms with Gasteiger partial charge >= 0.3 is 0 Å². The molecule has 25 heavy (non-hydrogen) atoms. The number of rotatable bonds is 9. The van der Waals surface area contributed by atoms with Crippen LogP contribution in [0.15, 0.2) is 4.99 Å². The minimum Gasteiger partial charge on any atom is -0.385 e.